The maximum absolute atomic E-state index is 11.6. The molecule has 0 radical (unpaired) electrons. The maximum Gasteiger partial charge on any atom is 0.244 e. The minimum atomic E-state index is -0.115. The van der Waals surface area contributed by atoms with E-state index in [9.17, 15) is 4.79 Å². The van der Waals surface area contributed by atoms with Crippen LogP contribution in [-0.2, 0) is 9.53 Å². The van der Waals surface area contributed by atoms with Gasteiger partial charge in [0, 0.05) is 26.3 Å². The zero-order valence-electron chi connectivity index (χ0n) is 11.6. The molecule has 0 aromatic heterocycles. The molecule has 1 aromatic carbocycles. The van der Waals surface area contributed by atoms with Crippen LogP contribution in [0.25, 0.3) is 6.08 Å². The maximum atomic E-state index is 11.6. The molecular weight excluding hydrogens is 258 g/mol. The second kappa shape index (κ2) is 7.55. The summed E-state index contributed by atoms with van der Waals surface area (Å²) < 4.78 is 15.8. The molecule has 0 aliphatic carbocycles. The second-order valence-electron chi connectivity index (χ2n) is 4.37. The van der Waals surface area contributed by atoms with Crippen LogP contribution >= 0.6 is 0 Å². The summed E-state index contributed by atoms with van der Waals surface area (Å²) in [6.45, 7) is 2.39. The molecule has 0 saturated carbocycles. The van der Waals surface area contributed by atoms with Crippen LogP contribution < -0.4 is 14.8 Å². The van der Waals surface area contributed by atoms with Crippen molar-refractivity contribution in [2.24, 2.45) is 0 Å². The lowest BCUT2D eigenvalue weighted by Crippen LogP contribution is -2.22. The van der Waals surface area contributed by atoms with Crippen molar-refractivity contribution >= 4 is 12.0 Å². The van der Waals surface area contributed by atoms with E-state index in [0.717, 1.165) is 23.5 Å². The van der Waals surface area contributed by atoms with Gasteiger partial charge in [0.2, 0.25) is 5.91 Å². The van der Waals surface area contributed by atoms with Crippen molar-refractivity contribution in [2.45, 2.75) is 6.42 Å². The van der Waals surface area contributed by atoms with Gasteiger partial charge in [0.25, 0.3) is 0 Å². The van der Waals surface area contributed by atoms with Gasteiger partial charge in [0.05, 0.1) is 0 Å². The molecule has 0 saturated heterocycles. The molecule has 1 aliphatic rings. The lowest BCUT2D eigenvalue weighted by molar-refractivity contribution is -0.116. The summed E-state index contributed by atoms with van der Waals surface area (Å²) in [5.74, 6) is 1.35. The van der Waals surface area contributed by atoms with Crippen LogP contribution in [0.3, 0.4) is 0 Å². The second-order valence-corrected chi connectivity index (χ2v) is 4.37. The first-order valence-corrected chi connectivity index (χ1v) is 6.64. The Labute approximate surface area is 118 Å². The van der Waals surface area contributed by atoms with E-state index in [1.165, 1.54) is 6.08 Å². The van der Waals surface area contributed by atoms with E-state index in [2.05, 4.69) is 5.32 Å². The molecule has 1 aromatic rings. The van der Waals surface area contributed by atoms with Crippen LogP contribution in [0.15, 0.2) is 24.3 Å². The van der Waals surface area contributed by atoms with Gasteiger partial charge < -0.3 is 19.5 Å². The number of hydrogen-bond donors (Lipinski definition) is 1. The Morgan fingerprint density at radius 1 is 1.35 bits per heavy atom. The topological polar surface area (TPSA) is 56.8 Å². The van der Waals surface area contributed by atoms with E-state index in [-0.39, 0.29) is 5.91 Å². The normalized spacial score (nSPS) is 13.4. The van der Waals surface area contributed by atoms with Gasteiger partial charge in [0.15, 0.2) is 11.5 Å². The zero-order chi connectivity index (χ0) is 14.2. The third-order valence-corrected chi connectivity index (χ3v) is 2.82. The Bertz CT molecular complexity index is 485. The number of nitrogens with one attached hydrogen (secondary N) is 1. The van der Waals surface area contributed by atoms with Crippen molar-refractivity contribution in [3.63, 3.8) is 0 Å². The van der Waals surface area contributed by atoms with E-state index in [1.807, 2.05) is 18.2 Å². The minimum Gasteiger partial charge on any atom is -0.486 e. The van der Waals surface area contributed by atoms with E-state index in [0.29, 0.717) is 26.4 Å². The standard InChI is InChI=1S/C15H19NO4/c1-18-8-2-7-16-15(17)6-4-12-3-5-13-14(11-12)20-10-9-19-13/h3-6,11H,2,7-10H2,1H3,(H,16,17)/b6-4+. The molecule has 0 unspecified atom stereocenters. The Morgan fingerprint density at radius 3 is 2.95 bits per heavy atom. The number of fused-ring (bicyclic) bond motifs is 1. The van der Waals surface area contributed by atoms with Gasteiger partial charge in [-0.15, -0.1) is 0 Å². The largest absolute Gasteiger partial charge is 0.486 e. The molecule has 1 amide bonds. The molecule has 0 spiro atoms. The predicted octanol–water partition coefficient (Wildman–Crippen LogP) is 1.62. The highest BCUT2D eigenvalue weighted by molar-refractivity contribution is 5.91. The van der Waals surface area contributed by atoms with Gasteiger partial charge >= 0.3 is 0 Å². The third-order valence-electron chi connectivity index (χ3n) is 2.82. The molecule has 5 nitrogen and oxygen atoms in total. The van der Waals surface area contributed by atoms with Gasteiger partial charge in [-0.1, -0.05) is 6.07 Å². The number of carbonyl (C=O) groups excluding carboxylic acids is 1. The van der Waals surface area contributed by atoms with Crippen molar-refractivity contribution in [1.82, 2.24) is 5.32 Å². The Kier molecular flexibility index (Phi) is 5.43. The van der Waals surface area contributed by atoms with Crippen LogP contribution in [0, 0.1) is 0 Å². The molecule has 1 N–H and O–H groups in total. The Morgan fingerprint density at radius 2 is 2.15 bits per heavy atom. The van der Waals surface area contributed by atoms with E-state index < -0.39 is 0 Å². The number of benzene rings is 1. The fourth-order valence-corrected chi connectivity index (χ4v) is 1.82. The average Bonchev–Trinajstić information content (AvgIpc) is 2.49. The van der Waals surface area contributed by atoms with Gasteiger partial charge in [-0.3, -0.25) is 4.79 Å². The van der Waals surface area contributed by atoms with Crippen LogP contribution in [-0.4, -0.2) is 39.4 Å². The van der Waals surface area contributed by atoms with E-state index >= 15 is 0 Å². The molecule has 2 rings (SSSR count). The summed E-state index contributed by atoms with van der Waals surface area (Å²) in [4.78, 5) is 11.6. The molecule has 0 fully saturated rings. The molecule has 20 heavy (non-hydrogen) atoms. The summed E-state index contributed by atoms with van der Waals surface area (Å²) in [5.41, 5.74) is 0.904. The van der Waals surface area contributed by atoms with Crippen molar-refractivity contribution in [3.8, 4) is 11.5 Å². The third kappa shape index (κ3) is 4.28. The lowest BCUT2D eigenvalue weighted by atomic mass is 10.2. The number of methoxy groups -OCH3 is 1. The van der Waals surface area contributed by atoms with Crippen molar-refractivity contribution in [1.29, 1.82) is 0 Å². The number of rotatable bonds is 6. The van der Waals surface area contributed by atoms with E-state index in [4.69, 9.17) is 14.2 Å². The Hall–Kier alpha value is -2.01. The molecular formula is C15H19NO4. The summed E-state index contributed by atoms with van der Waals surface area (Å²) >= 11 is 0. The highest BCUT2D eigenvalue weighted by Crippen LogP contribution is 2.30. The smallest absolute Gasteiger partial charge is 0.244 e. The summed E-state index contributed by atoms with van der Waals surface area (Å²) in [7, 11) is 1.64. The summed E-state index contributed by atoms with van der Waals surface area (Å²) in [5, 5.41) is 2.79. The molecule has 1 heterocycles. The highest BCUT2D eigenvalue weighted by Gasteiger charge is 2.10. The average molecular weight is 277 g/mol. The first kappa shape index (κ1) is 14.4. The van der Waals surface area contributed by atoms with Crippen molar-refractivity contribution in [2.75, 3.05) is 33.5 Å². The number of hydrogen-bond acceptors (Lipinski definition) is 4. The summed E-state index contributed by atoms with van der Waals surface area (Å²) in [6.07, 6.45) is 4.07. The summed E-state index contributed by atoms with van der Waals surface area (Å²) in [6, 6.07) is 5.61. The Balaban J connectivity index is 1.86. The highest BCUT2D eigenvalue weighted by atomic mass is 16.6. The number of amides is 1. The van der Waals surface area contributed by atoms with E-state index in [1.54, 1.807) is 13.2 Å². The van der Waals surface area contributed by atoms with Crippen LogP contribution in [0.4, 0.5) is 0 Å². The van der Waals surface area contributed by atoms with Crippen LogP contribution in [0.1, 0.15) is 12.0 Å². The molecule has 0 bridgehead atoms. The van der Waals surface area contributed by atoms with Crippen molar-refractivity contribution in [3.05, 3.63) is 29.8 Å². The monoisotopic (exact) mass is 277 g/mol. The van der Waals surface area contributed by atoms with Gasteiger partial charge in [-0.25, -0.2) is 0 Å². The van der Waals surface area contributed by atoms with Crippen molar-refractivity contribution < 1.29 is 19.0 Å². The fraction of sp³-hybridized carbons (Fsp3) is 0.400. The SMILES string of the molecule is COCCCNC(=O)/C=C/c1ccc2c(c1)OCCO2. The van der Waals surface area contributed by atoms with Gasteiger partial charge in [-0.2, -0.15) is 0 Å². The molecule has 0 atom stereocenters. The predicted molar refractivity (Wildman–Crippen MR) is 76.0 cm³/mol. The molecule has 108 valence electrons. The quantitative estimate of drug-likeness (QED) is 0.634. The van der Waals surface area contributed by atoms with Gasteiger partial charge in [-0.05, 0) is 30.2 Å². The van der Waals surface area contributed by atoms with Crippen LogP contribution in [0.5, 0.6) is 11.5 Å². The minimum absolute atomic E-state index is 0.115. The lowest BCUT2D eigenvalue weighted by Gasteiger charge is -2.18. The van der Waals surface area contributed by atoms with Gasteiger partial charge in [0.1, 0.15) is 13.2 Å². The zero-order valence-corrected chi connectivity index (χ0v) is 11.6. The number of ether oxygens (including phenoxy) is 3. The van der Waals surface area contributed by atoms with Crippen LogP contribution in [0.2, 0.25) is 0 Å². The number of carbonyl (C=O) groups is 1. The first-order valence-electron chi connectivity index (χ1n) is 6.64. The molecule has 1 aliphatic heterocycles. The fourth-order valence-electron chi connectivity index (χ4n) is 1.82. The first-order chi connectivity index (χ1) is 9.79. The molecule has 5 heteroatoms.